The second-order valence-electron chi connectivity index (χ2n) is 8.84. The Morgan fingerprint density at radius 1 is 1.06 bits per heavy atom. The largest absolute Gasteiger partial charge is 0.480 e. The molecule has 0 spiro atoms. The summed E-state index contributed by atoms with van der Waals surface area (Å²) in [5, 5.41) is 20.9. The van der Waals surface area contributed by atoms with Gasteiger partial charge in [0.25, 0.3) is 0 Å². The highest BCUT2D eigenvalue weighted by molar-refractivity contribution is 5.91. The molecule has 5 heteroatoms. The second kappa shape index (κ2) is 8.57. The summed E-state index contributed by atoms with van der Waals surface area (Å²) in [6, 6.07) is 17.0. The number of carbonyl (C=O) groups is 1. The van der Waals surface area contributed by atoms with Crippen LogP contribution in [0.15, 0.2) is 60.7 Å². The lowest BCUT2D eigenvalue weighted by molar-refractivity contribution is -0.145. The number of hydrogen-bond donors (Lipinski definition) is 2. The molecule has 2 unspecified atom stereocenters. The van der Waals surface area contributed by atoms with Gasteiger partial charge >= 0.3 is 5.97 Å². The molecule has 0 amide bonds. The molecule has 1 aromatic heterocycles. The van der Waals surface area contributed by atoms with Crippen LogP contribution in [0.25, 0.3) is 22.4 Å². The standard InChI is InChI=1S/C27H26FNO3/c1-6-27(17(2)30,25(31)32)23-21(18-12-14-20(28)15-13-18)16-22(19-10-8-7-9-11-19)29-24(23)26(3,4)5/h1,7-17,30H,2-5H3,(H,31,32). The first-order valence-electron chi connectivity index (χ1n) is 10.3. The maximum absolute atomic E-state index is 13.7. The smallest absolute Gasteiger partial charge is 0.329 e. The van der Waals surface area contributed by atoms with Crippen molar-refractivity contribution in [1.29, 1.82) is 0 Å². The van der Waals surface area contributed by atoms with Gasteiger partial charge in [-0.15, -0.1) is 6.42 Å². The average Bonchev–Trinajstić information content (AvgIpc) is 2.74. The lowest BCUT2D eigenvalue weighted by atomic mass is 9.69. The highest BCUT2D eigenvalue weighted by atomic mass is 19.1. The number of hydrogen-bond acceptors (Lipinski definition) is 3. The molecule has 32 heavy (non-hydrogen) atoms. The summed E-state index contributed by atoms with van der Waals surface area (Å²) in [5.74, 6) is 0.595. The fourth-order valence-electron chi connectivity index (χ4n) is 3.85. The van der Waals surface area contributed by atoms with Gasteiger partial charge in [-0.1, -0.05) is 69.2 Å². The van der Waals surface area contributed by atoms with Gasteiger partial charge in [0.15, 0.2) is 5.41 Å². The number of carboxylic acids is 1. The molecule has 0 aliphatic rings. The Bertz CT molecular complexity index is 1170. The molecule has 2 aromatic carbocycles. The molecule has 0 bridgehead atoms. The quantitative estimate of drug-likeness (QED) is 0.546. The maximum Gasteiger partial charge on any atom is 0.329 e. The fraction of sp³-hybridized carbons (Fsp3) is 0.259. The lowest BCUT2D eigenvalue weighted by Crippen LogP contribution is -2.46. The number of halogens is 1. The number of terminal acetylenes is 1. The van der Waals surface area contributed by atoms with Crippen molar-refractivity contribution < 1.29 is 19.4 Å². The molecule has 2 atom stereocenters. The van der Waals surface area contributed by atoms with E-state index in [9.17, 15) is 19.4 Å². The number of aliphatic carboxylic acids is 1. The predicted octanol–water partition coefficient (Wildman–Crippen LogP) is 5.19. The monoisotopic (exact) mass is 431 g/mol. The molecular weight excluding hydrogens is 405 g/mol. The van der Waals surface area contributed by atoms with Crippen molar-refractivity contribution in [2.24, 2.45) is 0 Å². The van der Waals surface area contributed by atoms with Crippen molar-refractivity contribution in [1.82, 2.24) is 4.98 Å². The number of rotatable bonds is 5. The van der Waals surface area contributed by atoms with Crippen LogP contribution in [-0.2, 0) is 15.6 Å². The minimum atomic E-state index is -2.05. The molecular formula is C27H26FNO3. The van der Waals surface area contributed by atoms with Gasteiger partial charge in [-0.2, -0.15) is 0 Å². The summed E-state index contributed by atoms with van der Waals surface area (Å²) in [5.41, 5.74) is 0.571. The Balaban J connectivity index is 2.55. The lowest BCUT2D eigenvalue weighted by Gasteiger charge is -2.35. The normalized spacial score (nSPS) is 14.3. The van der Waals surface area contributed by atoms with E-state index in [0.29, 0.717) is 22.5 Å². The topological polar surface area (TPSA) is 70.4 Å². The van der Waals surface area contributed by atoms with Crippen LogP contribution in [0.3, 0.4) is 0 Å². The van der Waals surface area contributed by atoms with Gasteiger partial charge in [0, 0.05) is 16.5 Å². The minimum Gasteiger partial charge on any atom is -0.480 e. The number of carboxylic acid groups (broad SMARTS) is 1. The zero-order chi connectivity index (χ0) is 23.7. The Hall–Kier alpha value is -3.49. The van der Waals surface area contributed by atoms with E-state index in [2.05, 4.69) is 5.92 Å². The van der Waals surface area contributed by atoms with Crippen molar-refractivity contribution in [2.75, 3.05) is 0 Å². The van der Waals surface area contributed by atoms with E-state index in [-0.39, 0.29) is 5.56 Å². The van der Waals surface area contributed by atoms with Gasteiger partial charge in [-0.25, -0.2) is 4.39 Å². The fourth-order valence-corrected chi connectivity index (χ4v) is 3.85. The Labute approximate surface area is 187 Å². The number of aliphatic hydroxyl groups is 1. The molecule has 3 aromatic rings. The summed E-state index contributed by atoms with van der Waals surface area (Å²) in [7, 11) is 0. The molecule has 0 saturated carbocycles. The number of aliphatic hydroxyl groups excluding tert-OH is 1. The SMILES string of the molecule is C#CC(C(=O)O)(c1c(-c2ccc(F)cc2)cc(-c2ccccc2)nc1C(C)(C)C)C(C)O. The van der Waals surface area contributed by atoms with Crippen molar-refractivity contribution in [3.05, 3.63) is 77.7 Å². The highest BCUT2D eigenvalue weighted by Crippen LogP contribution is 2.43. The van der Waals surface area contributed by atoms with Gasteiger partial charge in [-0.05, 0) is 36.2 Å². The molecule has 0 radical (unpaired) electrons. The predicted molar refractivity (Wildman–Crippen MR) is 124 cm³/mol. The van der Waals surface area contributed by atoms with Crippen molar-refractivity contribution in [3.8, 4) is 34.7 Å². The average molecular weight is 432 g/mol. The Morgan fingerprint density at radius 2 is 1.66 bits per heavy atom. The molecule has 164 valence electrons. The van der Waals surface area contributed by atoms with Crippen LogP contribution in [0.2, 0.25) is 0 Å². The first-order valence-corrected chi connectivity index (χ1v) is 10.3. The first kappa shape index (κ1) is 23.2. The van der Waals surface area contributed by atoms with E-state index in [1.54, 1.807) is 18.2 Å². The van der Waals surface area contributed by atoms with Gasteiger partial charge in [0.05, 0.1) is 17.5 Å². The molecule has 0 fully saturated rings. The van der Waals surface area contributed by atoms with Crippen molar-refractivity contribution in [2.45, 2.75) is 44.6 Å². The van der Waals surface area contributed by atoms with Crippen LogP contribution in [0.5, 0.6) is 0 Å². The van der Waals surface area contributed by atoms with Gasteiger partial charge < -0.3 is 10.2 Å². The van der Waals surface area contributed by atoms with Crippen molar-refractivity contribution >= 4 is 5.97 Å². The first-order chi connectivity index (χ1) is 15.0. The van der Waals surface area contributed by atoms with Crippen LogP contribution in [-0.4, -0.2) is 27.3 Å². The maximum atomic E-state index is 13.7. The van der Waals surface area contributed by atoms with Crippen molar-refractivity contribution in [3.63, 3.8) is 0 Å². The molecule has 2 N–H and O–H groups in total. The molecule has 1 heterocycles. The number of pyridine rings is 1. The van der Waals surface area contributed by atoms with E-state index in [0.717, 1.165) is 5.56 Å². The number of benzene rings is 2. The second-order valence-corrected chi connectivity index (χ2v) is 8.84. The number of nitrogens with zero attached hydrogens (tertiary/aromatic N) is 1. The summed E-state index contributed by atoms with van der Waals surface area (Å²) in [4.78, 5) is 17.4. The number of aromatic nitrogens is 1. The Kier molecular flexibility index (Phi) is 6.20. The van der Waals surface area contributed by atoms with Gasteiger partial charge in [0.2, 0.25) is 0 Å². The third-order valence-corrected chi connectivity index (χ3v) is 5.54. The van der Waals surface area contributed by atoms with Gasteiger partial charge in [-0.3, -0.25) is 9.78 Å². The Morgan fingerprint density at radius 3 is 2.12 bits per heavy atom. The third-order valence-electron chi connectivity index (χ3n) is 5.54. The third kappa shape index (κ3) is 4.02. The zero-order valence-electron chi connectivity index (χ0n) is 18.6. The van der Waals surface area contributed by atoms with Crippen LogP contribution < -0.4 is 0 Å². The van der Waals surface area contributed by atoms with E-state index < -0.39 is 28.7 Å². The summed E-state index contributed by atoms with van der Waals surface area (Å²) >= 11 is 0. The van der Waals surface area contributed by atoms with E-state index >= 15 is 0 Å². The minimum absolute atomic E-state index is 0.237. The highest BCUT2D eigenvalue weighted by Gasteiger charge is 2.48. The summed E-state index contributed by atoms with van der Waals surface area (Å²) in [6.45, 7) is 7.09. The summed E-state index contributed by atoms with van der Waals surface area (Å²) < 4.78 is 13.7. The zero-order valence-corrected chi connectivity index (χ0v) is 18.6. The molecule has 0 aliphatic carbocycles. The van der Waals surface area contributed by atoms with E-state index in [1.165, 1.54) is 19.1 Å². The van der Waals surface area contributed by atoms with Crippen LogP contribution in [0, 0.1) is 18.2 Å². The van der Waals surface area contributed by atoms with E-state index in [4.69, 9.17) is 11.4 Å². The molecule has 3 rings (SSSR count). The van der Waals surface area contributed by atoms with E-state index in [1.807, 2.05) is 51.1 Å². The van der Waals surface area contributed by atoms with Crippen LogP contribution >= 0.6 is 0 Å². The van der Waals surface area contributed by atoms with Crippen LogP contribution in [0.1, 0.15) is 39.0 Å². The molecule has 4 nitrogen and oxygen atoms in total. The van der Waals surface area contributed by atoms with Crippen LogP contribution in [0.4, 0.5) is 4.39 Å². The summed E-state index contributed by atoms with van der Waals surface area (Å²) in [6.07, 6.45) is 4.39. The van der Waals surface area contributed by atoms with Gasteiger partial charge in [0.1, 0.15) is 5.82 Å². The molecule has 0 aliphatic heterocycles. The molecule has 0 saturated heterocycles.